The Balaban J connectivity index is 2.15. The molecule has 0 fully saturated rings. The average molecular weight is 371 g/mol. The molecule has 0 bridgehead atoms. The third kappa shape index (κ3) is 5.41. The minimum Gasteiger partial charge on any atom is -0.493 e. The van der Waals surface area contributed by atoms with E-state index in [0.717, 1.165) is 17.7 Å². The van der Waals surface area contributed by atoms with E-state index in [1.165, 1.54) is 27.4 Å². The molecule has 6 heteroatoms. The van der Waals surface area contributed by atoms with E-state index in [1.54, 1.807) is 18.2 Å². The summed E-state index contributed by atoms with van der Waals surface area (Å²) in [5, 5.41) is 2.79. The number of carbonyl (C=O) groups excluding carboxylic acids is 1. The summed E-state index contributed by atoms with van der Waals surface area (Å²) in [6, 6.07) is 10.9. The Bertz CT molecular complexity index is 776. The van der Waals surface area contributed by atoms with E-state index in [9.17, 15) is 4.79 Å². The first-order chi connectivity index (χ1) is 13.1. The number of benzene rings is 2. The van der Waals surface area contributed by atoms with Crippen LogP contribution in [0.4, 0.5) is 5.69 Å². The van der Waals surface area contributed by atoms with Gasteiger partial charge >= 0.3 is 0 Å². The van der Waals surface area contributed by atoms with Gasteiger partial charge in [-0.3, -0.25) is 4.79 Å². The number of hydrogen-bond donors (Lipinski definition) is 1. The molecule has 0 aromatic heterocycles. The van der Waals surface area contributed by atoms with Gasteiger partial charge in [0.1, 0.15) is 5.75 Å². The standard InChI is InChI=1S/C21H25NO5/c1-5-12-27-17-9-7-6-8-15(17)10-11-20(23)22-16-13-18(24-2)21(26-4)19(14-16)25-3/h6-11,13-14H,5,12H2,1-4H3,(H,22,23)/b11-10+. The average Bonchev–Trinajstić information content (AvgIpc) is 2.70. The van der Waals surface area contributed by atoms with Crippen molar-refractivity contribution in [3.8, 4) is 23.0 Å². The van der Waals surface area contributed by atoms with Crippen molar-refractivity contribution in [3.63, 3.8) is 0 Å². The summed E-state index contributed by atoms with van der Waals surface area (Å²) in [5.41, 5.74) is 1.38. The number of ether oxygens (including phenoxy) is 4. The van der Waals surface area contributed by atoms with Crippen molar-refractivity contribution in [1.29, 1.82) is 0 Å². The van der Waals surface area contributed by atoms with Crippen molar-refractivity contribution in [2.24, 2.45) is 0 Å². The third-order valence-electron chi connectivity index (χ3n) is 3.73. The summed E-state index contributed by atoms with van der Waals surface area (Å²) in [4.78, 5) is 12.3. The Hall–Kier alpha value is -3.15. The molecule has 0 aliphatic carbocycles. The molecule has 27 heavy (non-hydrogen) atoms. The topological polar surface area (TPSA) is 66.0 Å². The molecule has 0 aliphatic heterocycles. The van der Waals surface area contributed by atoms with Crippen molar-refractivity contribution in [1.82, 2.24) is 0 Å². The zero-order valence-electron chi connectivity index (χ0n) is 16.1. The van der Waals surface area contributed by atoms with E-state index in [1.807, 2.05) is 31.2 Å². The van der Waals surface area contributed by atoms with Crippen LogP contribution in [0.3, 0.4) is 0 Å². The summed E-state index contributed by atoms with van der Waals surface area (Å²) >= 11 is 0. The number of nitrogens with one attached hydrogen (secondary N) is 1. The lowest BCUT2D eigenvalue weighted by molar-refractivity contribution is -0.111. The van der Waals surface area contributed by atoms with Crippen molar-refractivity contribution in [2.75, 3.05) is 33.3 Å². The Kier molecular flexibility index (Phi) is 7.55. The number of para-hydroxylation sites is 1. The van der Waals surface area contributed by atoms with Gasteiger partial charge in [-0.15, -0.1) is 0 Å². The highest BCUT2D eigenvalue weighted by Crippen LogP contribution is 2.39. The highest BCUT2D eigenvalue weighted by Gasteiger charge is 2.14. The van der Waals surface area contributed by atoms with Crippen LogP contribution in [0.25, 0.3) is 6.08 Å². The van der Waals surface area contributed by atoms with Gasteiger partial charge in [-0.1, -0.05) is 25.1 Å². The second-order valence-corrected chi connectivity index (χ2v) is 5.62. The lowest BCUT2D eigenvalue weighted by Gasteiger charge is -2.14. The van der Waals surface area contributed by atoms with Crippen LogP contribution in [0.2, 0.25) is 0 Å². The lowest BCUT2D eigenvalue weighted by atomic mass is 10.2. The predicted octanol–water partition coefficient (Wildman–Crippen LogP) is 4.15. The summed E-state index contributed by atoms with van der Waals surface area (Å²) < 4.78 is 21.6. The van der Waals surface area contributed by atoms with E-state index in [0.29, 0.717) is 29.5 Å². The van der Waals surface area contributed by atoms with Crippen LogP contribution in [-0.2, 0) is 4.79 Å². The lowest BCUT2D eigenvalue weighted by Crippen LogP contribution is -2.08. The number of rotatable bonds is 9. The maximum atomic E-state index is 12.3. The molecular weight excluding hydrogens is 346 g/mol. The molecule has 0 aliphatic rings. The minimum absolute atomic E-state index is 0.283. The van der Waals surface area contributed by atoms with Crippen LogP contribution in [-0.4, -0.2) is 33.8 Å². The highest BCUT2D eigenvalue weighted by molar-refractivity contribution is 6.02. The van der Waals surface area contributed by atoms with Crippen molar-refractivity contribution in [3.05, 3.63) is 48.0 Å². The van der Waals surface area contributed by atoms with Crippen LogP contribution < -0.4 is 24.3 Å². The van der Waals surface area contributed by atoms with E-state index >= 15 is 0 Å². The monoisotopic (exact) mass is 371 g/mol. The van der Waals surface area contributed by atoms with Gasteiger partial charge in [-0.25, -0.2) is 0 Å². The van der Waals surface area contributed by atoms with Crippen LogP contribution in [0, 0.1) is 0 Å². The van der Waals surface area contributed by atoms with Crippen molar-refractivity contribution in [2.45, 2.75) is 13.3 Å². The number of hydrogen-bond acceptors (Lipinski definition) is 5. The zero-order valence-corrected chi connectivity index (χ0v) is 16.1. The highest BCUT2D eigenvalue weighted by atomic mass is 16.5. The Morgan fingerprint density at radius 3 is 2.26 bits per heavy atom. The molecule has 0 heterocycles. The quantitative estimate of drug-likeness (QED) is 0.671. The molecule has 0 unspecified atom stereocenters. The maximum absolute atomic E-state index is 12.3. The largest absolute Gasteiger partial charge is 0.493 e. The molecule has 2 aromatic carbocycles. The Labute approximate surface area is 159 Å². The van der Waals surface area contributed by atoms with Crippen LogP contribution in [0.1, 0.15) is 18.9 Å². The molecule has 0 radical (unpaired) electrons. The Morgan fingerprint density at radius 2 is 1.67 bits per heavy atom. The first-order valence-electron chi connectivity index (χ1n) is 8.63. The van der Waals surface area contributed by atoms with Gasteiger partial charge in [0.05, 0.1) is 27.9 Å². The fourth-order valence-corrected chi connectivity index (χ4v) is 2.46. The second kappa shape index (κ2) is 10.1. The molecule has 144 valence electrons. The molecule has 1 amide bonds. The molecule has 2 rings (SSSR count). The van der Waals surface area contributed by atoms with Gasteiger partial charge in [0.2, 0.25) is 11.7 Å². The number of anilines is 1. The first-order valence-corrected chi connectivity index (χ1v) is 8.63. The van der Waals surface area contributed by atoms with Gasteiger partial charge in [0, 0.05) is 29.5 Å². The normalized spacial score (nSPS) is 10.5. The fraction of sp³-hybridized carbons (Fsp3) is 0.286. The van der Waals surface area contributed by atoms with E-state index in [4.69, 9.17) is 18.9 Å². The van der Waals surface area contributed by atoms with Crippen LogP contribution in [0.5, 0.6) is 23.0 Å². The summed E-state index contributed by atoms with van der Waals surface area (Å²) in [6.07, 6.45) is 4.09. The van der Waals surface area contributed by atoms with E-state index in [2.05, 4.69) is 5.32 Å². The summed E-state index contributed by atoms with van der Waals surface area (Å²) in [6.45, 7) is 2.67. The number of carbonyl (C=O) groups is 1. The van der Waals surface area contributed by atoms with E-state index in [-0.39, 0.29) is 5.91 Å². The molecule has 0 saturated heterocycles. The van der Waals surface area contributed by atoms with Gasteiger partial charge in [-0.2, -0.15) is 0 Å². The summed E-state index contributed by atoms with van der Waals surface area (Å²) in [5.74, 6) is 1.87. The third-order valence-corrected chi connectivity index (χ3v) is 3.73. The SMILES string of the molecule is CCCOc1ccccc1/C=C/C(=O)Nc1cc(OC)c(OC)c(OC)c1. The molecule has 0 saturated carbocycles. The fourth-order valence-electron chi connectivity index (χ4n) is 2.46. The predicted molar refractivity (Wildman–Crippen MR) is 106 cm³/mol. The Morgan fingerprint density at radius 1 is 1.00 bits per heavy atom. The molecule has 2 aromatic rings. The number of amides is 1. The van der Waals surface area contributed by atoms with Gasteiger partial charge in [0.15, 0.2) is 11.5 Å². The number of methoxy groups -OCH3 is 3. The van der Waals surface area contributed by atoms with Crippen LogP contribution in [0.15, 0.2) is 42.5 Å². The smallest absolute Gasteiger partial charge is 0.248 e. The molecule has 6 nitrogen and oxygen atoms in total. The first kappa shape index (κ1) is 20.2. The van der Waals surface area contributed by atoms with Gasteiger partial charge in [0.25, 0.3) is 0 Å². The molecule has 1 N–H and O–H groups in total. The maximum Gasteiger partial charge on any atom is 0.248 e. The molecule has 0 atom stereocenters. The van der Waals surface area contributed by atoms with Gasteiger partial charge in [-0.05, 0) is 18.6 Å². The second-order valence-electron chi connectivity index (χ2n) is 5.62. The zero-order chi connectivity index (χ0) is 19.6. The molecular formula is C21H25NO5. The molecule has 0 spiro atoms. The van der Waals surface area contributed by atoms with Gasteiger partial charge < -0.3 is 24.3 Å². The minimum atomic E-state index is -0.283. The van der Waals surface area contributed by atoms with Crippen molar-refractivity contribution < 1.29 is 23.7 Å². The van der Waals surface area contributed by atoms with Crippen molar-refractivity contribution >= 4 is 17.7 Å². The summed E-state index contributed by atoms with van der Waals surface area (Å²) in [7, 11) is 4.57. The van der Waals surface area contributed by atoms with Crippen LogP contribution >= 0.6 is 0 Å². The van der Waals surface area contributed by atoms with E-state index < -0.39 is 0 Å².